The van der Waals surface area contributed by atoms with E-state index in [1.165, 1.54) is 0 Å². The number of anilines is 1. The third-order valence-corrected chi connectivity index (χ3v) is 4.28. The molecule has 1 fully saturated rings. The molecule has 0 spiro atoms. The third kappa shape index (κ3) is 4.10. The van der Waals surface area contributed by atoms with Gasteiger partial charge in [0.05, 0.1) is 20.3 Å². The highest BCUT2D eigenvalue weighted by Gasteiger charge is 2.19. The predicted molar refractivity (Wildman–Crippen MR) is 93.5 cm³/mol. The van der Waals surface area contributed by atoms with Crippen molar-refractivity contribution in [3.8, 4) is 23.3 Å². The number of rotatable bonds is 6. The summed E-state index contributed by atoms with van der Waals surface area (Å²) in [7, 11) is 1.61. The van der Waals surface area contributed by atoms with Crippen LogP contribution in [0.3, 0.4) is 0 Å². The lowest BCUT2D eigenvalue weighted by Gasteiger charge is -2.32. The monoisotopic (exact) mass is 342 g/mol. The summed E-state index contributed by atoms with van der Waals surface area (Å²) in [6, 6.07) is 9.80. The number of benzene rings is 1. The molecule has 25 heavy (non-hydrogen) atoms. The molecule has 132 valence electrons. The summed E-state index contributed by atoms with van der Waals surface area (Å²) in [4.78, 5) is 6.63. The van der Waals surface area contributed by atoms with Crippen LogP contribution < -0.4 is 10.1 Å². The van der Waals surface area contributed by atoms with Gasteiger partial charge in [0.1, 0.15) is 11.8 Å². The highest BCUT2D eigenvalue weighted by atomic mass is 16.5. The number of nitrogens with zero attached hydrogens (tertiary/aromatic N) is 3. The van der Waals surface area contributed by atoms with Gasteiger partial charge in [-0.25, -0.2) is 0 Å². The highest BCUT2D eigenvalue weighted by molar-refractivity contribution is 5.60. The molecule has 1 N–H and O–H groups in total. The normalized spacial score (nSPS) is 16.2. The molecule has 1 aliphatic rings. The molecule has 1 aromatic heterocycles. The van der Waals surface area contributed by atoms with Gasteiger partial charge in [0.25, 0.3) is 0 Å². The Hall–Kier alpha value is -2.56. The lowest BCUT2D eigenvalue weighted by Crippen LogP contribution is -2.45. The van der Waals surface area contributed by atoms with Crippen molar-refractivity contribution in [3.05, 3.63) is 30.0 Å². The van der Waals surface area contributed by atoms with Gasteiger partial charge in [0.15, 0.2) is 0 Å². The summed E-state index contributed by atoms with van der Waals surface area (Å²) < 4.78 is 16.4. The summed E-state index contributed by atoms with van der Waals surface area (Å²) >= 11 is 0. The van der Waals surface area contributed by atoms with Crippen molar-refractivity contribution in [1.82, 2.24) is 9.88 Å². The van der Waals surface area contributed by atoms with Crippen LogP contribution in [0.15, 0.2) is 28.7 Å². The van der Waals surface area contributed by atoms with Crippen LogP contribution in [0.5, 0.6) is 5.75 Å². The van der Waals surface area contributed by atoms with Crippen LogP contribution in [0.25, 0.3) is 11.5 Å². The van der Waals surface area contributed by atoms with E-state index in [2.05, 4.69) is 28.2 Å². The van der Waals surface area contributed by atoms with Crippen LogP contribution in [0.2, 0.25) is 0 Å². The quantitative estimate of drug-likeness (QED) is 0.862. The zero-order valence-electron chi connectivity index (χ0n) is 14.5. The fraction of sp³-hybridized carbons (Fsp3) is 0.444. The van der Waals surface area contributed by atoms with Crippen molar-refractivity contribution in [2.45, 2.75) is 13.0 Å². The Kier molecular flexibility index (Phi) is 5.53. The Labute approximate surface area is 147 Å². The summed E-state index contributed by atoms with van der Waals surface area (Å²) in [6.07, 6.45) is 0. The van der Waals surface area contributed by atoms with Crippen LogP contribution in [0, 0.1) is 11.3 Å². The lowest BCUT2D eigenvalue weighted by molar-refractivity contribution is 0.0226. The van der Waals surface area contributed by atoms with Crippen LogP contribution in [-0.2, 0) is 4.74 Å². The summed E-state index contributed by atoms with van der Waals surface area (Å²) in [5, 5.41) is 12.5. The Balaban J connectivity index is 1.71. The Bertz CT molecular complexity index is 747. The van der Waals surface area contributed by atoms with E-state index in [9.17, 15) is 5.26 Å². The molecule has 0 saturated carbocycles. The summed E-state index contributed by atoms with van der Waals surface area (Å²) in [5.41, 5.74) is 1.03. The van der Waals surface area contributed by atoms with Crippen molar-refractivity contribution in [3.63, 3.8) is 0 Å². The second-order valence-electron chi connectivity index (χ2n) is 5.92. The molecule has 2 heterocycles. The SMILES string of the molecule is COc1cccc(-c2nc(C#N)c(NC[C@H](C)N3CCOCC3)o2)c1. The number of morpholine rings is 1. The molecule has 0 bridgehead atoms. The first-order valence-electron chi connectivity index (χ1n) is 8.32. The summed E-state index contributed by atoms with van der Waals surface area (Å²) in [6.45, 7) is 6.16. The average molecular weight is 342 g/mol. The summed E-state index contributed by atoms with van der Waals surface area (Å²) in [5.74, 6) is 1.52. The maximum Gasteiger partial charge on any atom is 0.232 e. The minimum atomic E-state index is 0.256. The Morgan fingerprint density at radius 3 is 2.92 bits per heavy atom. The first kappa shape index (κ1) is 17.3. The first-order valence-corrected chi connectivity index (χ1v) is 8.32. The largest absolute Gasteiger partial charge is 0.497 e. The van der Waals surface area contributed by atoms with Crippen LogP contribution >= 0.6 is 0 Å². The molecule has 7 nitrogen and oxygen atoms in total. The van der Waals surface area contributed by atoms with Gasteiger partial charge in [0, 0.05) is 31.2 Å². The molecule has 3 rings (SSSR count). The molecule has 1 aromatic carbocycles. The first-order chi connectivity index (χ1) is 12.2. The third-order valence-electron chi connectivity index (χ3n) is 4.28. The molecule has 0 aliphatic carbocycles. The second-order valence-corrected chi connectivity index (χ2v) is 5.92. The van der Waals surface area contributed by atoms with E-state index in [4.69, 9.17) is 13.9 Å². The van der Waals surface area contributed by atoms with Crippen molar-refractivity contribution in [1.29, 1.82) is 5.26 Å². The number of nitrogens with one attached hydrogen (secondary N) is 1. The standard InChI is InChI=1S/C18H22N4O3/c1-13(22-6-8-24-9-7-22)12-20-18-16(11-19)21-17(25-18)14-4-3-5-15(10-14)23-2/h3-5,10,13,20H,6-9,12H2,1-2H3/t13-/m0/s1. The molecule has 1 saturated heterocycles. The average Bonchev–Trinajstić information content (AvgIpc) is 3.10. The maximum absolute atomic E-state index is 9.33. The molecule has 1 atom stereocenters. The van der Waals surface area contributed by atoms with Crippen LogP contribution in [0.1, 0.15) is 12.6 Å². The Morgan fingerprint density at radius 2 is 2.20 bits per heavy atom. The van der Waals surface area contributed by atoms with Crippen molar-refractivity contribution in [2.24, 2.45) is 0 Å². The molecule has 0 radical (unpaired) electrons. The van der Waals surface area contributed by atoms with E-state index in [1.807, 2.05) is 24.3 Å². The zero-order chi connectivity index (χ0) is 17.6. The van der Waals surface area contributed by atoms with Crippen LogP contribution in [0.4, 0.5) is 5.88 Å². The lowest BCUT2D eigenvalue weighted by atomic mass is 10.2. The zero-order valence-corrected chi connectivity index (χ0v) is 14.5. The van der Waals surface area contributed by atoms with E-state index in [0.29, 0.717) is 30.1 Å². The highest BCUT2D eigenvalue weighted by Crippen LogP contribution is 2.27. The van der Waals surface area contributed by atoms with Crippen molar-refractivity contribution >= 4 is 5.88 Å². The Morgan fingerprint density at radius 1 is 1.40 bits per heavy atom. The molecule has 2 aromatic rings. The number of hydrogen-bond donors (Lipinski definition) is 1. The van der Waals surface area contributed by atoms with Crippen molar-refractivity contribution in [2.75, 3.05) is 45.3 Å². The number of ether oxygens (including phenoxy) is 2. The van der Waals surface area contributed by atoms with E-state index < -0.39 is 0 Å². The predicted octanol–water partition coefficient (Wildman–Crippen LogP) is 2.35. The van der Waals surface area contributed by atoms with Gasteiger partial charge in [-0.05, 0) is 25.1 Å². The number of aromatic nitrogens is 1. The molecule has 7 heteroatoms. The van der Waals surface area contributed by atoms with E-state index in [0.717, 1.165) is 31.9 Å². The maximum atomic E-state index is 9.33. The smallest absolute Gasteiger partial charge is 0.232 e. The van der Waals surface area contributed by atoms with Gasteiger partial charge in [-0.3, -0.25) is 4.90 Å². The van der Waals surface area contributed by atoms with Gasteiger partial charge in [-0.1, -0.05) is 6.07 Å². The van der Waals surface area contributed by atoms with Gasteiger partial charge >= 0.3 is 0 Å². The molecule has 1 aliphatic heterocycles. The molecular formula is C18H22N4O3. The van der Waals surface area contributed by atoms with Crippen LogP contribution in [-0.4, -0.2) is 55.9 Å². The topological polar surface area (TPSA) is 83.5 Å². The van der Waals surface area contributed by atoms with E-state index in [-0.39, 0.29) is 5.69 Å². The number of oxazole rings is 1. The van der Waals surface area contributed by atoms with E-state index in [1.54, 1.807) is 7.11 Å². The van der Waals surface area contributed by atoms with Crippen molar-refractivity contribution < 1.29 is 13.9 Å². The number of hydrogen-bond acceptors (Lipinski definition) is 7. The van der Waals surface area contributed by atoms with E-state index >= 15 is 0 Å². The fourth-order valence-electron chi connectivity index (χ4n) is 2.78. The van der Waals surface area contributed by atoms with Gasteiger partial charge < -0.3 is 19.2 Å². The minimum absolute atomic E-state index is 0.256. The molecular weight excluding hydrogens is 320 g/mol. The minimum Gasteiger partial charge on any atom is -0.497 e. The molecule has 0 amide bonds. The second kappa shape index (κ2) is 8.01. The van der Waals surface area contributed by atoms with Gasteiger partial charge in [0.2, 0.25) is 17.5 Å². The van der Waals surface area contributed by atoms with Gasteiger partial charge in [-0.2, -0.15) is 10.2 Å². The van der Waals surface area contributed by atoms with Gasteiger partial charge in [-0.15, -0.1) is 0 Å². The molecule has 0 unspecified atom stereocenters. The fourth-order valence-corrected chi connectivity index (χ4v) is 2.78. The number of methoxy groups -OCH3 is 1. The number of nitriles is 1.